The van der Waals surface area contributed by atoms with Crippen molar-refractivity contribution in [3.63, 3.8) is 0 Å². The molecule has 108 valence electrons. The van der Waals surface area contributed by atoms with Gasteiger partial charge in [0.25, 0.3) is 0 Å². The number of hydrogen-bond donors (Lipinski definition) is 2. The maximum atomic E-state index is 12.0. The van der Waals surface area contributed by atoms with Crippen LogP contribution < -0.4 is 5.32 Å². The van der Waals surface area contributed by atoms with E-state index < -0.39 is 0 Å². The molecule has 2 aromatic heterocycles. The number of carbonyl (C=O) groups is 1. The highest BCUT2D eigenvalue weighted by Gasteiger charge is 2.15. The van der Waals surface area contributed by atoms with Crippen molar-refractivity contribution in [2.75, 3.05) is 0 Å². The van der Waals surface area contributed by atoms with Crippen molar-refractivity contribution in [3.05, 3.63) is 35.7 Å². The summed E-state index contributed by atoms with van der Waals surface area (Å²) < 4.78 is 1.83. The van der Waals surface area contributed by atoms with Crippen LogP contribution >= 0.6 is 0 Å². The summed E-state index contributed by atoms with van der Waals surface area (Å²) >= 11 is 0. The van der Waals surface area contributed by atoms with Crippen molar-refractivity contribution in [3.8, 4) is 0 Å². The first kappa shape index (κ1) is 14.3. The van der Waals surface area contributed by atoms with Crippen molar-refractivity contribution < 1.29 is 4.79 Å². The van der Waals surface area contributed by atoms with Gasteiger partial charge in [-0.2, -0.15) is 5.10 Å². The number of imidazole rings is 1. The maximum absolute atomic E-state index is 12.0. The predicted molar refractivity (Wildman–Crippen MR) is 76.1 cm³/mol. The fraction of sp³-hybridized carbons (Fsp3) is 0.500. The van der Waals surface area contributed by atoms with E-state index in [0.29, 0.717) is 13.0 Å². The number of rotatable bonds is 6. The lowest BCUT2D eigenvalue weighted by Crippen LogP contribution is -2.29. The van der Waals surface area contributed by atoms with Gasteiger partial charge in [0.2, 0.25) is 5.91 Å². The fourth-order valence-electron chi connectivity index (χ4n) is 2.08. The number of aromatic nitrogens is 4. The summed E-state index contributed by atoms with van der Waals surface area (Å²) in [7, 11) is 0. The quantitative estimate of drug-likeness (QED) is 0.845. The molecule has 2 aromatic rings. The highest BCUT2D eigenvalue weighted by molar-refractivity contribution is 5.76. The van der Waals surface area contributed by atoms with Gasteiger partial charge in [-0.15, -0.1) is 0 Å². The van der Waals surface area contributed by atoms with E-state index in [-0.39, 0.29) is 11.9 Å². The lowest BCUT2D eigenvalue weighted by molar-refractivity contribution is -0.122. The number of hydrogen-bond acceptors (Lipinski definition) is 3. The van der Waals surface area contributed by atoms with Gasteiger partial charge in [0.05, 0.1) is 6.04 Å². The molecule has 20 heavy (non-hydrogen) atoms. The highest BCUT2D eigenvalue weighted by atomic mass is 16.1. The van der Waals surface area contributed by atoms with Crippen molar-refractivity contribution in [2.45, 2.75) is 46.2 Å². The molecule has 6 heteroatoms. The molecule has 0 fully saturated rings. The fourth-order valence-corrected chi connectivity index (χ4v) is 2.08. The van der Waals surface area contributed by atoms with Crippen LogP contribution in [0.3, 0.4) is 0 Å². The number of amides is 1. The van der Waals surface area contributed by atoms with Crippen molar-refractivity contribution in [1.29, 1.82) is 0 Å². The van der Waals surface area contributed by atoms with Gasteiger partial charge in [-0.25, -0.2) is 4.98 Å². The topological polar surface area (TPSA) is 75.6 Å². The molecule has 0 aromatic carbocycles. The highest BCUT2D eigenvalue weighted by Crippen LogP contribution is 2.13. The zero-order valence-corrected chi connectivity index (χ0v) is 12.2. The van der Waals surface area contributed by atoms with Gasteiger partial charge in [-0.3, -0.25) is 9.48 Å². The molecule has 0 aliphatic rings. The second kappa shape index (κ2) is 6.36. The van der Waals surface area contributed by atoms with Crippen LogP contribution in [0, 0.1) is 13.8 Å². The van der Waals surface area contributed by atoms with E-state index in [1.165, 1.54) is 0 Å². The summed E-state index contributed by atoms with van der Waals surface area (Å²) in [5.74, 6) is 0.828. The lowest BCUT2D eigenvalue weighted by Gasteiger charge is -2.15. The molecule has 2 rings (SSSR count). The van der Waals surface area contributed by atoms with Gasteiger partial charge in [-0.1, -0.05) is 6.92 Å². The Morgan fingerprint density at radius 1 is 1.50 bits per heavy atom. The number of carbonyl (C=O) groups excluding carboxylic acids is 1. The van der Waals surface area contributed by atoms with Gasteiger partial charge in [0.1, 0.15) is 5.82 Å². The van der Waals surface area contributed by atoms with Crippen LogP contribution in [0.4, 0.5) is 0 Å². The third-order valence-corrected chi connectivity index (χ3v) is 3.28. The van der Waals surface area contributed by atoms with Gasteiger partial charge in [-0.05, 0) is 26.3 Å². The standard InChI is InChI=1S/C14H21N5O/c1-4-12(14-15-9-10(2)17-14)18-13(20)6-8-19-11(3)5-7-16-19/h5,7,9,12H,4,6,8H2,1-3H3,(H,15,17)(H,18,20)/t12-/m0/s1. The second-order valence-electron chi connectivity index (χ2n) is 4.93. The average Bonchev–Trinajstić information content (AvgIpc) is 3.02. The van der Waals surface area contributed by atoms with Crippen LogP contribution in [0.5, 0.6) is 0 Å². The van der Waals surface area contributed by atoms with Crippen LogP contribution in [0.2, 0.25) is 0 Å². The van der Waals surface area contributed by atoms with E-state index >= 15 is 0 Å². The molecule has 0 aliphatic carbocycles. The average molecular weight is 275 g/mol. The van der Waals surface area contributed by atoms with Crippen LogP contribution in [-0.4, -0.2) is 25.7 Å². The molecule has 0 radical (unpaired) electrons. The summed E-state index contributed by atoms with van der Waals surface area (Å²) in [5.41, 5.74) is 2.06. The Morgan fingerprint density at radius 3 is 2.85 bits per heavy atom. The number of nitrogens with zero attached hydrogens (tertiary/aromatic N) is 3. The largest absolute Gasteiger partial charge is 0.346 e. The number of nitrogens with one attached hydrogen (secondary N) is 2. The van der Waals surface area contributed by atoms with E-state index in [1.54, 1.807) is 12.4 Å². The molecular formula is C14H21N5O. The predicted octanol–water partition coefficient (Wildman–Crippen LogP) is 1.88. The summed E-state index contributed by atoms with van der Waals surface area (Å²) in [6.07, 6.45) is 4.74. The Labute approximate surface area is 118 Å². The third kappa shape index (κ3) is 3.46. The van der Waals surface area contributed by atoms with E-state index in [1.807, 2.05) is 31.5 Å². The first-order chi connectivity index (χ1) is 9.60. The molecule has 0 saturated carbocycles. The van der Waals surface area contributed by atoms with Gasteiger partial charge in [0, 0.05) is 36.7 Å². The lowest BCUT2D eigenvalue weighted by atomic mass is 10.2. The SMILES string of the molecule is CC[C@H](NC(=O)CCn1nccc1C)c1ncc(C)[nH]1. The van der Waals surface area contributed by atoms with Gasteiger partial charge >= 0.3 is 0 Å². The van der Waals surface area contributed by atoms with Crippen molar-refractivity contribution >= 4 is 5.91 Å². The normalized spacial score (nSPS) is 12.3. The van der Waals surface area contributed by atoms with E-state index in [2.05, 4.69) is 20.4 Å². The number of aryl methyl sites for hydroxylation is 3. The monoisotopic (exact) mass is 275 g/mol. The molecule has 1 amide bonds. The molecule has 1 atom stereocenters. The van der Waals surface area contributed by atoms with Gasteiger partial charge < -0.3 is 10.3 Å². The molecule has 2 N–H and O–H groups in total. The Bertz CT molecular complexity index is 572. The number of aromatic amines is 1. The summed E-state index contributed by atoms with van der Waals surface area (Å²) in [4.78, 5) is 19.4. The minimum atomic E-state index is -0.0603. The minimum Gasteiger partial charge on any atom is -0.346 e. The Kier molecular flexibility index (Phi) is 4.55. The van der Waals surface area contributed by atoms with Crippen molar-refractivity contribution in [2.24, 2.45) is 0 Å². The van der Waals surface area contributed by atoms with Crippen LogP contribution in [0.15, 0.2) is 18.5 Å². The molecule has 0 aliphatic heterocycles. The van der Waals surface area contributed by atoms with Crippen LogP contribution in [0.1, 0.15) is 43.0 Å². The zero-order chi connectivity index (χ0) is 14.5. The first-order valence-corrected chi connectivity index (χ1v) is 6.89. The first-order valence-electron chi connectivity index (χ1n) is 6.89. The van der Waals surface area contributed by atoms with E-state index in [9.17, 15) is 4.79 Å². The molecular weight excluding hydrogens is 254 g/mol. The second-order valence-corrected chi connectivity index (χ2v) is 4.93. The van der Waals surface area contributed by atoms with Crippen LogP contribution in [-0.2, 0) is 11.3 Å². The maximum Gasteiger partial charge on any atom is 0.222 e. The Morgan fingerprint density at radius 2 is 2.30 bits per heavy atom. The third-order valence-electron chi connectivity index (χ3n) is 3.28. The molecule has 0 spiro atoms. The minimum absolute atomic E-state index is 0.0146. The van der Waals surface area contributed by atoms with Crippen LogP contribution in [0.25, 0.3) is 0 Å². The zero-order valence-electron chi connectivity index (χ0n) is 12.2. The summed E-state index contributed by atoms with van der Waals surface area (Å²) in [6, 6.07) is 1.87. The molecule has 2 heterocycles. The van der Waals surface area contributed by atoms with E-state index in [0.717, 1.165) is 23.6 Å². The van der Waals surface area contributed by atoms with Crippen molar-refractivity contribution in [1.82, 2.24) is 25.1 Å². The van der Waals surface area contributed by atoms with Gasteiger partial charge in [0.15, 0.2) is 0 Å². The molecule has 6 nitrogen and oxygen atoms in total. The Hall–Kier alpha value is -2.11. The summed E-state index contributed by atoms with van der Waals surface area (Å²) in [6.45, 7) is 6.55. The molecule has 0 bridgehead atoms. The smallest absolute Gasteiger partial charge is 0.222 e. The van der Waals surface area contributed by atoms with E-state index in [4.69, 9.17) is 0 Å². The summed E-state index contributed by atoms with van der Waals surface area (Å²) in [5, 5.41) is 7.17. The Balaban J connectivity index is 1.88. The number of H-pyrrole nitrogens is 1. The molecule has 0 saturated heterocycles. The molecule has 0 unspecified atom stereocenters.